The summed E-state index contributed by atoms with van der Waals surface area (Å²) >= 11 is 6.94. The molecule has 0 aliphatic heterocycles. The van der Waals surface area contributed by atoms with Gasteiger partial charge in [0, 0.05) is 4.70 Å². The Balaban J connectivity index is 2.31. The van der Waals surface area contributed by atoms with Crippen LogP contribution in [0.15, 0.2) is 30.3 Å². The Morgan fingerprint density at radius 2 is 2.21 bits per heavy atom. The summed E-state index contributed by atoms with van der Waals surface area (Å²) in [5.74, 6) is -0.174. The number of hydrogen-bond acceptors (Lipinski definition) is 2. The van der Waals surface area contributed by atoms with Crippen LogP contribution >= 0.6 is 22.9 Å². The number of hydrogen-bond donors (Lipinski definition) is 1. The first-order chi connectivity index (χ1) is 6.79. The molecule has 0 aliphatic carbocycles. The fourth-order valence-electron chi connectivity index (χ4n) is 1.21. The molecular weight excluding hydrogens is 218 g/mol. The number of fused-ring (bicyclic) bond motifs is 1. The van der Waals surface area contributed by atoms with E-state index in [1.807, 2.05) is 30.3 Å². The summed E-state index contributed by atoms with van der Waals surface area (Å²) in [5.41, 5.74) is 0. The molecule has 0 saturated heterocycles. The number of carbonyl (C=O) groups excluding carboxylic acids is 1. The number of carbonyl (C=O) groups is 1. The molecule has 1 aromatic heterocycles. The van der Waals surface area contributed by atoms with Crippen LogP contribution in [0.2, 0.25) is 0 Å². The number of thiophene rings is 1. The van der Waals surface area contributed by atoms with E-state index in [1.165, 1.54) is 0 Å². The van der Waals surface area contributed by atoms with Crippen molar-refractivity contribution in [2.24, 2.45) is 0 Å². The first kappa shape index (κ1) is 9.49. The molecule has 2 rings (SSSR count). The van der Waals surface area contributed by atoms with Crippen LogP contribution in [0.4, 0.5) is 5.00 Å². The second kappa shape index (κ2) is 3.98. The van der Waals surface area contributed by atoms with Crippen LogP contribution in [-0.4, -0.2) is 11.8 Å². The molecule has 1 aromatic carbocycles. The van der Waals surface area contributed by atoms with E-state index in [9.17, 15) is 4.79 Å². The first-order valence-corrected chi connectivity index (χ1v) is 5.49. The quantitative estimate of drug-likeness (QED) is 0.782. The molecule has 1 N–H and O–H groups in total. The Bertz CT molecular complexity index is 433. The van der Waals surface area contributed by atoms with Gasteiger partial charge in [0.1, 0.15) is 5.88 Å². The molecule has 0 radical (unpaired) electrons. The molecular formula is C10H8ClNOS. The Kier molecular flexibility index (Phi) is 2.70. The third kappa shape index (κ3) is 1.89. The lowest BCUT2D eigenvalue weighted by molar-refractivity contribution is -0.113. The molecule has 14 heavy (non-hydrogen) atoms. The van der Waals surface area contributed by atoms with E-state index in [1.54, 1.807) is 11.3 Å². The monoisotopic (exact) mass is 225 g/mol. The van der Waals surface area contributed by atoms with Gasteiger partial charge < -0.3 is 5.32 Å². The standard InChI is InChI=1S/C10H8ClNOS/c11-6-9(13)12-10-5-7-3-1-2-4-8(7)14-10/h1-5H,6H2,(H,12,13). The number of alkyl halides is 1. The predicted octanol–water partition coefficient (Wildman–Crippen LogP) is 3.08. The van der Waals surface area contributed by atoms with Gasteiger partial charge in [-0.3, -0.25) is 4.79 Å². The van der Waals surface area contributed by atoms with Crippen LogP contribution in [0, 0.1) is 0 Å². The van der Waals surface area contributed by atoms with Gasteiger partial charge in [-0.15, -0.1) is 22.9 Å². The van der Waals surface area contributed by atoms with Gasteiger partial charge >= 0.3 is 0 Å². The second-order valence-electron chi connectivity index (χ2n) is 2.83. The number of rotatable bonds is 2. The van der Waals surface area contributed by atoms with Gasteiger partial charge in [-0.2, -0.15) is 0 Å². The molecule has 72 valence electrons. The van der Waals surface area contributed by atoms with Crippen molar-refractivity contribution in [3.05, 3.63) is 30.3 Å². The highest BCUT2D eigenvalue weighted by Gasteiger charge is 2.03. The van der Waals surface area contributed by atoms with E-state index in [0.717, 1.165) is 15.1 Å². The Morgan fingerprint density at radius 1 is 1.43 bits per heavy atom. The minimum atomic E-state index is -0.168. The third-order valence-electron chi connectivity index (χ3n) is 1.81. The highest BCUT2D eigenvalue weighted by Crippen LogP contribution is 2.29. The number of halogens is 1. The minimum Gasteiger partial charge on any atom is -0.317 e. The third-order valence-corrected chi connectivity index (χ3v) is 3.08. The summed E-state index contributed by atoms with van der Waals surface area (Å²) in [5, 5.41) is 4.71. The molecule has 0 atom stereocenters. The average molecular weight is 226 g/mol. The Hall–Kier alpha value is -1.06. The molecule has 1 heterocycles. The van der Waals surface area contributed by atoms with Crippen LogP contribution in [0.25, 0.3) is 10.1 Å². The number of anilines is 1. The molecule has 0 bridgehead atoms. The maximum absolute atomic E-state index is 11.0. The van der Waals surface area contributed by atoms with Gasteiger partial charge in [0.25, 0.3) is 0 Å². The summed E-state index contributed by atoms with van der Waals surface area (Å²) < 4.78 is 1.16. The van der Waals surface area contributed by atoms with Gasteiger partial charge in [-0.05, 0) is 17.5 Å². The molecule has 0 saturated carbocycles. The summed E-state index contributed by atoms with van der Waals surface area (Å²) in [6.45, 7) is 0. The van der Waals surface area contributed by atoms with Crippen molar-refractivity contribution in [1.29, 1.82) is 0 Å². The van der Waals surface area contributed by atoms with Gasteiger partial charge in [-0.1, -0.05) is 18.2 Å². The summed E-state index contributed by atoms with van der Waals surface area (Å²) in [4.78, 5) is 11.0. The van der Waals surface area contributed by atoms with Gasteiger partial charge in [-0.25, -0.2) is 0 Å². The second-order valence-corrected chi connectivity index (χ2v) is 4.18. The van der Waals surface area contributed by atoms with Crippen molar-refractivity contribution in [3.63, 3.8) is 0 Å². The fraction of sp³-hybridized carbons (Fsp3) is 0.100. The van der Waals surface area contributed by atoms with Gasteiger partial charge in [0.2, 0.25) is 5.91 Å². The minimum absolute atomic E-state index is 0.00571. The van der Waals surface area contributed by atoms with E-state index in [0.29, 0.717) is 0 Å². The van der Waals surface area contributed by atoms with Crippen LogP contribution in [0.3, 0.4) is 0 Å². The highest BCUT2D eigenvalue weighted by molar-refractivity contribution is 7.22. The summed E-state index contributed by atoms with van der Waals surface area (Å²) in [6.07, 6.45) is 0. The maximum Gasteiger partial charge on any atom is 0.239 e. The number of nitrogens with one attached hydrogen (secondary N) is 1. The predicted molar refractivity (Wildman–Crippen MR) is 61.2 cm³/mol. The van der Waals surface area contributed by atoms with Crippen LogP contribution in [0.5, 0.6) is 0 Å². The zero-order valence-corrected chi connectivity index (χ0v) is 8.86. The van der Waals surface area contributed by atoms with Crippen molar-refractivity contribution in [2.75, 3.05) is 11.2 Å². The van der Waals surface area contributed by atoms with E-state index in [4.69, 9.17) is 11.6 Å². The van der Waals surface area contributed by atoms with Crippen molar-refractivity contribution in [3.8, 4) is 0 Å². The normalized spacial score (nSPS) is 10.4. The molecule has 0 fully saturated rings. The summed E-state index contributed by atoms with van der Waals surface area (Å²) in [6, 6.07) is 9.94. The van der Waals surface area contributed by atoms with E-state index in [2.05, 4.69) is 5.32 Å². The van der Waals surface area contributed by atoms with Crippen LogP contribution in [0.1, 0.15) is 0 Å². The molecule has 0 spiro atoms. The number of benzene rings is 1. The van der Waals surface area contributed by atoms with E-state index < -0.39 is 0 Å². The fourth-order valence-corrected chi connectivity index (χ4v) is 2.26. The SMILES string of the molecule is O=C(CCl)Nc1cc2ccccc2s1. The van der Waals surface area contributed by atoms with Crippen molar-refractivity contribution in [1.82, 2.24) is 0 Å². The van der Waals surface area contributed by atoms with Crippen LogP contribution in [-0.2, 0) is 4.79 Å². The first-order valence-electron chi connectivity index (χ1n) is 4.14. The maximum atomic E-state index is 11.0. The van der Waals surface area contributed by atoms with Gasteiger partial charge in [0.05, 0.1) is 5.00 Å². The lowest BCUT2D eigenvalue weighted by Crippen LogP contribution is -2.11. The number of amides is 1. The molecule has 2 nitrogen and oxygen atoms in total. The Labute approximate surface area is 90.5 Å². The zero-order chi connectivity index (χ0) is 9.97. The zero-order valence-electron chi connectivity index (χ0n) is 7.29. The van der Waals surface area contributed by atoms with Crippen molar-refractivity contribution >= 4 is 43.9 Å². The lowest BCUT2D eigenvalue weighted by Gasteiger charge is -1.95. The van der Waals surface area contributed by atoms with Gasteiger partial charge in [0.15, 0.2) is 0 Å². The van der Waals surface area contributed by atoms with Crippen molar-refractivity contribution < 1.29 is 4.79 Å². The van der Waals surface area contributed by atoms with Crippen LogP contribution < -0.4 is 5.32 Å². The van der Waals surface area contributed by atoms with E-state index >= 15 is 0 Å². The molecule has 2 aromatic rings. The van der Waals surface area contributed by atoms with Crippen molar-refractivity contribution in [2.45, 2.75) is 0 Å². The topological polar surface area (TPSA) is 29.1 Å². The smallest absolute Gasteiger partial charge is 0.239 e. The summed E-state index contributed by atoms with van der Waals surface area (Å²) in [7, 11) is 0. The Morgan fingerprint density at radius 3 is 2.93 bits per heavy atom. The molecule has 0 unspecified atom stereocenters. The molecule has 0 aliphatic rings. The largest absolute Gasteiger partial charge is 0.317 e. The average Bonchev–Trinajstić information content (AvgIpc) is 2.59. The highest BCUT2D eigenvalue weighted by atomic mass is 35.5. The molecule has 1 amide bonds. The molecule has 4 heteroatoms. The van der Waals surface area contributed by atoms with E-state index in [-0.39, 0.29) is 11.8 Å². The lowest BCUT2D eigenvalue weighted by atomic mass is 10.3.